The first-order valence-corrected chi connectivity index (χ1v) is 12.1. The van der Waals surface area contributed by atoms with Gasteiger partial charge < -0.3 is 4.74 Å². The highest BCUT2D eigenvalue weighted by atomic mass is 16.5. The van der Waals surface area contributed by atoms with Gasteiger partial charge in [0, 0.05) is 5.57 Å². The van der Waals surface area contributed by atoms with Gasteiger partial charge in [-0.05, 0) is 58.3 Å². The van der Waals surface area contributed by atoms with Crippen molar-refractivity contribution in [3.8, 4) is 0 Å². The Morgan fingerprint density at radius 3 is 1.41 bits per heavy atom. The molecule has 2 saturated carbocycles. The van der Waals surface area contributed by atoms with Gasteiger partial charge >= 0.3 is 5.97 Å². The number of hydrogen-bond acceptors (Lipinski definition) is 2. The van der Waals surface area contributed by atoms with Gasteiger partial charge in [-0.3, -0.25) is 0 Å². The number of ether oxygens (including phenoxy) is 1. The molecule has 0 bridgehead atoms. The van der Waals surface area contributed by atoms with Crippen molar-refractivity contribution >= 4 is 5.97 Å². The van der Waals surface area contributed by atoms with Gasteiger partial charge in [-0.15, -0.1) is 0 Å². The predicted molar refractivity (Wildman–Crippen MR) is 115 cm³/mol. The molecule has 2 aliphatic carbocycles. The third kappa shape index (κ3) is 8.83. The lowest BCUT2D eigenvalue weighted by atomic mass is 9.85. The maximum absolute atomic E-state index is 12.8. The van der Waals surface area contributed by atoms with Crippen LogP contribution in [-0.2, 0) is 9.53 Å². The average molecular weight is 377 g/mol. The molecular weight excluding hydrogens is 332 g/mol. The summed E-state index contributed by atoms with van der Waals surface area (Å²) < 4.78 is 6.00. The molecule has 0 aromatic heterocycles. The van der Waals surface area contributed by atoms with Gasteiger partial charge in [0.05, 0.1) is 0 Å². The number of carbonyl (C=O) groups is 1. The van der Waals surface area contributed by atoms with E-state index in [1.807, 2.05) is 6.92 Å². The van der Waals surface area contributed by atoms with Gasteiger partial charge in [0.2, 0.25) is 0 Å². The lowest BCUT2D eigenvalue weighted by Crippen LogP contribution is -2.21. The first kappa shape index (κ1) is 22.5. The fraction of sp³-hybridized carbons (Fsp3) is 0.880. The number of esters is 1. The zero-order valence-corrected chi connectivity index (χ0v) is 18.2. The summed E-state index contributed by atoms with van der Waals surface area (Å²) in [5.74, 6) is 0.548. The molecule has 0 N–H and O–H groups in total. The smallest absolute Gasteiger partial charge is 0.333 e. The molecule has 2 fully saturated rings. The molecule has 0 atom stereocenters. The van der Waals surface area contributed by atoms with Crippen LogP contribution in [0, 0.1) is 5.92 Å². The Morgan fingerprint density at radius 2 is 0.963 bits per heavy atom. The van der Waals surface area contributed by atoms with Crippen molar-refractivity contribution < 1.29 is 9.53 Å². The van der Waals surface area contributed by atoms with Gasteiger partial charge in [0.15, 0.2) is 0 Å². The molecule has 0 aromatic rings. The van der Waals surface area contributed by atoms with Gasteiger partial charge in [-0.1, -0.05) is 82.6 Å². The second-order valence-corrected chi connectivity index (χ2v) is 9.14. The van der Waals surface area contributed by atoms with Gasteiger partial charge in [0.1, 0.15) is 6.10 Å². The highest BCUT2D eigenvalue weighted by molar-refractivity contribution is 5.88. The minimum atomic E-state index is -0.0355. The van der Waals surface area contributed by atoms with Crippen molar-refractivity contribution in [3.05, 3.63) is 11.1 Å². The van der Waals surface area contributed by atoms with Crippen molar-refractivity contribution in [3.63, 3.8) is 0 Å². The van der Waals surface area contributed by atoms with Crippen LogP contribution in [-0.4, -0.2) is 12.1 Å². The molecule has 0 saturated heterocycles. The van der Waals surface area contributed by atoms with Crippen LogP contribution in [0.5, 0.6) is 0 Å². The fourth-order valence-electron chi connectivity index (χ4n) is 4.84. The Morgan fingerprint density at radius 1 is 0.593 bits per heavy atom. The fourth-order valence-corrected chi connectivity index (χ4v) is 4.84. The number of hydrogen-bond donors (Lipinski definition) is 0. The van der Waals surface area contributed by atoms with E-state index in [0.29, 0.717) is 5.92 Å². The molecule has 0 radical (unpaired) electrons. The van der Waals surface area contributed by atoms with Crippen LogP contribution < -0.4 is 0 Å². The van der Waals surface area contributed by atoms with E-state index in [2.05, 4.69) is 6.92 Å². The minimum Gasteiger partial charge on any atom is -0.459 e. The molecule has 0 spiro atoms. The zero-order valence-electron chi connectivity index (χ0n) is 18.2. The molecule has 0 amide bonds. The van der Waals surface area contributed by atoms with E-state index in [9.17, 15) is 4.79 Å². The molecule has 0 aliphatic heterocycles. The summed E-state index contributed by atoms with van der Waals surface area (Å²) in [6.07, 6.45) is 23.4. The van der Waals surface area contributed by atoms with Crippen molar-refractivity contribution in [2.75, 3.05) is 0 Å². The number of allylic oxidation sites excluding steroid dienone is 1. The normalized spacial score (nSPS) is 23.9. The topological polar surface area (TPSA) is 26.3 Å². The van der Waals surface area contributed by atoms with Crippen LogP contribution in [0.25, 0.3) is 0 Å². The van der Waals surface area contributed by atoms with E-state index in [4.69, 9.17) is 4.74 Å². The van der Waals surface area contributed by atoms with Gasteiger partial charge in [0.25, 0.3) is 0 Å². The van der Waals surface area contributed by atoms with E-state index in [0.717, 1.165) is 18.4 Å². The second kappa shape index (κ2) is 13.4. The molecule has 2 rings (SSSR count). The van der Waals surface area contributed by atoms with E-state index in [1.165, 1.54) is 108 Å². The number of rotatable bonds is 3. The standard InChI is InChI=1S/C25H44O2/c1-21(23-17-13-9-5-3-6-10-14-18-23)22(2)25(26)27-24-19-15-11-7-4-8-12-16-20-24/h23-24H,3-20H2,1-2H3. The summed E-state index contributed by atoms with van der Waals surface area (Å²) in [5.41, 5.74) is 2.20. The highest BCUT2D eigenvalue weighted by Gasteiger charge is 2.21. The highest BCUT2D eigenvalue weighted by Crippen LogP contribution is 2.29. The summed E-state index contributed by atoms with van der Waals surface area (Å²) in [5, 5.41) is 0. The van der Waals surface area contributed by atoms with E-state index < -0.39 is 0 Å². The minimum absolute atomic E-state index is 0.0355. The molecule has 27 heavy (non-hydrogen) atoms. The van der Waals surface area contributed by atoms with Crippen LogP contribution in [0.2, 0.25) is 0 Å². The summed E-state index contributed by atoms with van der Waals surface area (Å²) in [6, 6.07) is 0. The second-order valence-electron chi connectivity index (χ2n) is 9.14. The largest absolute Gasteiger partial charge is 0.459 e. The maximum atomic E-state index is 12.8. The molecule has 2 heteroatoms. The molecular formula is C25H44O2. The van der Waals surface area contributed by atoms with Gasteiger partial charge in [-0.25, -0.2) is 4.79 Å². The summed E-state index contributed by atoms with van der Waals surface area (Å²) in [7, 11) is 0. The zero-order chi connectivity index (χ0) is 19.3. The SMILES string of the molecule is CC(C(=O)OC1CCCCCCCCC1)=C(C)C1CCCCCCCCC1. The Bertz CT molecular complexity index is 431. The van der Waals surface area contributed by atoms with E-state index in [-0.39, 0.29) is 12.1 Å². The third-order valence-corrected chi connectivity index (χ3v) is 6.94. The first-order valence-electron chi connectivity index (χ1n) is 12.1. The Balaban J connectivity index is 1.92. The summed E-state index contributed by atoms with van der Waals surface area (Å²) in [6.45, 7) is 4.21. The van der Waals surface area contributed by atoms with E-state index in [1.54, 1.807) is 0 Å². The molecule has 0 unspecified atom stereocenters. The summed E-state index contributed by atoms with van der Waals surface area (Å²) >= 11 is 0. The Labute approximate surface area is 168 Å². The van der Waals surface area contributed by atoms with Crippen molar-refractivity contribution in [1.29, 1.82) is 0 Å². The molecule has 0 heterocycles. The third-order valence-electron chi connectivity index (χ3n) is 6.94. The van der Waals surface area contributed by atoms with Crippen LogP contribution in [0.4, 0.5) is 0 Å². The Kier molecular flexibility index (Phi) is 11.2. The quantitative estimate of drug-likeness (QED) is 0.369. The Hall–Kier alpha value is -0.790. The van der Waals surface area contributed by atoms with E-state index >= 15 is 0 Å². The average Bonchev–Trinajstić information content (AvgIpc) is 2.69. The van der Waals surface area contributed by atoms with Crippen molar-refractivity contribution in [2.24, 2.45) is 5.92 Å². The van der Waals surface area contributed by atoms with Crippen LogP contribution in [0.1, 0.15) is 129 Å². The van der Waals surface area contributed by atoms with Crippen LogP contribution >= 0.6 is 0 Å². The first-order chi connectivity index (χ1) is 13.2. The molecule has 0 aromatic carbocycles. The molecule has 2 aliphatic rings. The van der Waals surface area contributed by atoms with Crippen LogP contribution in [0.3, 0.4) is 0 Å². The lowest BCUT2D eigenvalue weighted by Gasteiger charge is -2.23. The van der Waals surface area contributed by atoms with Crippen molar-refractivity contribution in [2.45, 2.75) is 136 Å². The summed E-state index contributed by atoms with van der Waals surface area (Å²) in [4.78, 5) is 12.8. The maximum Gasteiger partial charge on any atom is 0.333 e. The van der Waals surface area contributed by atoms with Crippen molar-refractivity contribution in [1.82, 2.24) is 0 Å². The monoisotopic (exact) mass is 376 g/mol. The molecule has 2 nitrogen and oxygen atoms in total. The van der Waals surface area contributed by atoms with Gasteiger partial charge in [-0.2, -0.15) is 0 Å². The lowest BCUT2D eigenvalue weighted by molar-refractivity contribution is -0.145. The van der Waals surface area contributed by atoms with Crippen LogP contribution in [0.15, 0.2) is 11.1 Å². The molecule has 156 valence electrons. The number of carbonyl (C=O) groups excluding carboxylic acids is 1. The predicted octanol–water partition coefficient (Wildman–Crippen LogP) is 7.90.